The number of anilines is 1. The zero-order valence-corrected chi connectivity index (χ0v) is 22.5. The van der Waals surface area contributed by atoms with Gasteiger partial charge in [0.1, 0.15) is 17.0 Å². The molecule has 0 radical (unpaired) electrons. The van der Waals surface area contributed by atoms with Gasteiger partial charge in [0.25, 0.3) is 0 Å². The molecule has 2 heterocycles. The molecule has 38 heavy (non-hydrogen) atoms. The van der Waals surface area contributed by atoms with Crippen LogP contribution in [0, 0.1) is 0 Å². The van der Waals surface area contributed by atoms with E-state index in [1.807, 2.05) is 42.5 Å². The van der Waals surface area contributed by atoms with Crippen molar-refractivity contribution in [2.75, 3.05) is 5.32 Å². The van der Waals surface area contributed by atoms with Gasteiger partial charge in [-0.3, -0.25) is 10.1 Å². The second kappa shape index (κ2) is 11.2. The van der Waals surface area contributed by atoms with Crippen molar-refractivity contribution in [2.24, 2.45) is 0 Å². The Morgan fingerprint density at radius 2 is 1.76 bits per heavy atom. The third-order valence-corrected chi connectivity index (χ3v) is 6.50. The first-order valence-electron chi connectivity index (χ1n) is 11.7. The first kappa shape index (κ1) is 25.7. The molecule has 2 aromatic heterocycles. The highest BCUT2D eigenvalue weighted by Crippen LogP contribution is 2.31. The van der Waals surface area contributed by atoms with Gasteiger partial charge in [-0.05, 0) is 97.0 Å². The largest absolute Gasteiger partial charge is 0.457 e. The van der Waals surface area contributed by atoms with E-state index in [0.29, 0.717) is 38.7 Å². The Bertz CT molecular complexity index is 1670. The number of nitrogens with zero attached hydrogens (tertiary/aromatic N) is 1. The van der Waals surface area contributed by atoms with Gasteiger partial charge in [-0.2, -0.15) is 0 Å². The van der Waals surface area contributed by atoms with Gasteiger partial charge >= 0.3 is 0 Å². The third-order valence-electron chi connectivity index (χ3n) is 5.71. The molecule has 6 nitrogen and oxygen atoms in total. The number of fused-ring (bicyclic) bond motifs is 1. The summed E-state index contributed by atoms with van der Waals surface area (Å²) < 4.78 is 11.7. The van der Waals surface area contributed by atoms with Gasteiger partial charge in [-0.25, -0.2) is 4.98 Å². The van der Waals surface area contributed by atoms with Crippen LogP contribution in [0.2, 0.25) is 10.0 Å². The summed E-state index contributed by atoms with van der Waals surface area (Å²) in [5.74, 6) is 1.22. The number of furan rings is 1. The minimum atomic E-state index is -0.426. The minimum Gasteiger partial charge on any atom is -0.457 e. The Balaban J connectivity index is 1.23. The number of carbonyl (C=O) groups is 1. The van der Waals surface area contributed by atoms with E-state index in [1.54, 1.807) is 36.4 Å². The van der Waals surface area contributed by atoms with E-state index in [0.717, 1.165) is 23.1 Å². The number of carbonyl (C=O) groups excluding carboxylic acids is 1. The van der Waals surface area contributed by atoms with Crippen LogP contribution in [0.15, 0.2) is 87.7 Å². The van der Waals surface area contributed by atoms with Crippen molar-refractivity contribution in [3.63, 3.8) is 0 Å². The molecule has 0 fully saturated rings. The number of halogens is 2. The number of aromatic nitrogens is 1. The highest BCUT2D eigenvalue weighted by Gasteiger charge is 2.12. The molecule has 9 heteroatoms. The van der Waals surface area contributed by atoms with Gasteiger partial charge in [-0.15, -0.1) is 0 Å². The van der Waals surface area contributed by atoms with Crippen molar-refractivity contribution in [3.05, 3.63) is 100 Å². The van der Waals surface area contributed by atoms with Gasteiger partial charge in [0.15, 0.2) is 10.7 Å². The number of rotatable bonds is 6. The SMILES string of the molecule is CCc1ccc2oc(-c3ccc(Cl)c(NC(=S)NC(=O)C=Cc4ccc(-c5ccc(Cl)cc5)o4)c3)nc2c1. The second-order valence-corrected chi connectivity index (χ2v) is 9.61. The average molecular weight is 562 g/mol. The summed E-state index contributed by atoms with van der Waals surface area (Å²) in [6.45, 7) is 2.09. The van der Waals surface area contributed by atoms with Crippen molar-refractivity contribution in [1.82, 2.24) is 10.3 Å². The van der Waals surface area contributed by atoms with Gasteiger partial charge < -0.3 is 14.2 Å². The predicted octanol–water partition coefficient (Wildman–Crippen LogP) is 8.15. The number of thiocarbonyl (C=S) groups is 1. The van der Waals surface area contributed by atoms with Crippen LogP contribution in [0.5, 0.6) is 0 Å². The zero-order valence-electron chi connectivity index (χ0n) is 20.1. The molecule has 5 rings (SSSR count). The van der Waals surface area contributed by atoms with Crippen LogP contribution in [-0.2, 0) is 11.2 Å². The van der Waals surface area contributed by atoms with Crippen LogP contribution in [0.3, 0.4) is 0 Å². The van der Waals surface area contributed by atoms with Crippen molar-refractivity contribution in [3.8, 4) is 22.8 Å². The maximum absolute atomic E-state index is 12.4. The maximum atomic E-state index is 12.4. The smallest absolute Gasteiger partial charge is 0.250 e. The third kappa shape index (κ3) is 5.97. The molecule has 0 saturated heterocycles. The van der Waals surface area contributed by atoms with E-state index < -0.39 is 5.91 Å². The van der Waals surface area contributed by atoms with Crippen molar-refractivity contribution >= 4 is 69.3 Å². The molecule has 0 bridgehead atoms. The van der Waals surface area contributed by atoms with Crippen molar-refractivity contribution in [2.45, 2.75) is 13.3 Å². The van der Waals surface area contributed by atoms with E-state index in [9.17, 15) is 4.79 Å². The zero-order chi connectivity index (χ0) is 26.6. The summed E-state index contributed by atoms with van der Waals surface area (Å²) >= 11 is 17.6. The summed E-state index contributed by atoms with van der Waals surface area (Å²) in [6, 6.07) is 22.1. The summed E-state index contributed by atoms with van der Waals surface area (Å²) in [5.41, 5.74) is 4.78. The summed E-state index contributed by atoms with van der Waals surface area (Å²) in [5, 5.41) is 6.73. The fraction of sp³-hybridized carbons (Fsp3) is 0.0690. The Hall–Kier alpha value is -3.91. The first-order chi connectivity index (χ1) is 18.4. The molecular weight excluding hydrogens is 541 g/mol. The fourth-order valence-corrected chi connectivity index (χ4v) is 4.25. The molecule has 0 atom stereocenters. The number of amides is 1. The lowest BCUT2D eigenvalue weighted by Gasteiger charge is -2.10. The van der Waals surface area contributed by atoms with Gasteiger partial charge in [-0.1, -0.05) is 36.2 Å². The molecule has 0 unspecified atom stereocenters. The van der Waals surface area contributed by atoms with Gasteiger partial charge in [0.2, 0.25) is 11.8 Å². The lowest BCUT2D eigenvalue weighted by atomic mass is 10.1. The van der Waals surface area contributed by atoms with Crippen LogP contribution < -0.4 is 10.6 Å². The monoisotopic (exact) mass is 561 g/mol. The summed E-state index contributed by atoms with van der Waals surface area (Å²) in [4.78, 5) is 17.0. The quantitative estimate of drug-likeness (QED) is 0.161. The average Bonchev–Trinajstić information content (AvgIpc) is 3.56. The number of oxazole rings is 1. The highest BCUT2D eigenvalue weighted by molar-refractivity contribution is 7.80. The summed E-state index contributed by atoms with van der Waals surface area (Å²) in [7, 11) is 0. The molecule has 1 amide bonds. The molecule has 0 aliphatic rings. The van der Waals surface area contributed by atoms with Crippen molar-refractivity contribution in [1.29, 1.82) is 0 Å². The van der Waals surface area contributed by atoms with Crippen LogP contribution in [-0.4, -0.2) is 16.0 Å². The van der Waals surface area contributed by atoms with Gasteiger partial charge in [0.05, 0.1) is 10.7 Å². The van der Waals surface area contributed by atoms with Crippen LogP contribution in [0.1, 0.15) is 18.2 Å². The summed E-state index contributed by atoms with van der Waals surface area (Å²) in [6.07, 6.45) is 3.80. The van der Waals surface area contributed by atoms with Gasteiger partial charge in [0, 0.05) is 22.2 Å². The Labute approximate surface area is 234 Å². The molecule has 0 spiro atoms. The van der Waals surface area contributed by atoms with Crippen LogP contribution in [0.4, 0.5) is 5.69 Å². The number of hydrogen-bond acceptors (Lipinski definition) is 5. The molecule has 0 aliphatic heterocycles. The molecule has 2 N–H and O–H groups in total. The van der Waals surface area contributed by atoms with E-state index in [1.165, 1.54) is 11.6 Å². The van der Waals surface area contributed by atoms with Crippen LogP contribution >= 0.6 is 35.4 Å². The molecular formula is C29H21Cl2N3O3S. The van der Waals surface area contributed by atoms with E-state index in [-0.39, 0.29) is 5.11 Å². The lowest BCUT2D eigenvalue weighted by molar-refractivity contribution is -0.115. The lowest BCUT2D eigenvalue weighted by Crippen LogP contribution is -2.32. The molecule has 5 aromatic rings. The molecule has 0 saturated carbocycles. The predicted molar refractivity (Wildman–Crippen MR) is 156 cm³/mol. The normalized spacial score (nSPS) is 11.2. The standard InChI is InChI=1S/C29H21Cl2N3O3S/c1-2-17-3-12-26-24(15-17)32-28(37-26)19-6-11-22(31)23(16-19)33-29(38)34-27(35)14-10-21-9-13-25(36-21)18-4-7-20(30)8-5-18/h3-16H,2H2,1H3,(H2,33,34,35,38). The number of aryl methyl sites for hydroxylation is 1. The topological polar surface area (TPSA) is 80.3 Å². The van der Waals surface area contributed by atoms with E-state index in [4.69, 9.17) is 44.3 Å². The Morgan fingerprint density at radius 3 is 2.55 bits per heavy atom. The maximum Gasteiger partial charge on any atom is 0.250 e. The highest BCUT2D eigenvalue weighted by atomic mass is 35.5. The van der Waals surface area contributed by atoms with E-state index in [2.05, 4.69) is 22.5 Å². The fourth-order valence-electron chi connectivity index (χ4n) is 3.75. The number of benzene rings is 3. The van der Waals surface area contributed by atoms with Crippen LogP contribution in [0.25, 0.3) is 40.0 Å². The van der Waals surface area contributed by atoms with Crippen molar-refractivity contribution < 1.29 is 13.6 Å². The second-order valence-electron chi connectivity index (χ2n) is 8.35. The number of hydrogen-bond donors (Lipinski definition) is 2. The molecule has 3 aromatic carbocycles. The Morgan fingerprint density at radius 1 is 0.974 bits per heavy atom. The molecule has 190 valence electrons. The van der Waals surface area contributed by atoms with E-state index >= 15 is 0 Å². The minimum absolute atomic E-state index is 0.0881. The first-order valence-corrected chi connectivity index (χ1v) is 12.9. The number of nitrogens with one attached hydrogen (secondary N) is 2. The molecule has 0 aliphatic carbocycles. The Kier molecular flexibility index (Phi) is 7.60.